The van der Waals surface area contributed by atoms with Gasteiger partial charge in [-0.2, -0.15) is 0 Å². The molecule has 7 heteroatoms. The number of amides is 1. The molecule has 1 atom stereocenters. The zero-order valence-electron chi connectivity index (χ0n) is 13.7. The first kappa shape index (κ1) is 19.1. The standard InChI is InChI=1S/C18H17Cl2NO4/c1-11-3-6-14(9-16(11)20)21-18(23)12(2)25-17(22)10-24-15-7-4-13(19)5-8-15/h3-9,12H,10H2,1-2H3,(H,21,23)/t12-/m1/s1. The fourth-order valence-electron chi connectivity index (χ4n) is 1.87. The van der Waals surface area contributed by atoms with Crippen molar-refractivity contribution < 1.29 is 19.1 Å². The van der Waals surface area contributed by atoms with E-state index in [9.17, 15) is 9.59 Å². The number of aryl methyl sites for hydroxylation is 1. The van der Waals surface area contributed by atoms with Crippen molar-refractivity contribution in [2.45, 2.75) is 20.0 Å². The minimum absolute atomic E-state index is 0.310. The second-order valence-electron chi connectivity index (χ2n) is 5.33. The number of hydrogen-bond donors (Lipinski definition) is 1. The van der Waals surface area contributed by atoms with Crippen molar-refractivity contribution in [3.8, 4) is 5.75 Å². The summed E-state index contributed by atoms with van der Waals surface area (Å²) < 4.78 is 10.3. The van der Waals surface area contributed by atoms with Gasteiger partial charge in [0.2, 0.25) is 0 Å². The Morgan fingerprint density at radius 1 is 1.12 bits per heavy atom. The molecule has 0 saturated heterocycles. The number of rotatable bonds is 6. The van der Waals surface area contributed by atoms with E-state index in [4.69, 9.17) is 32.7 Å². The van der Waals surface area contributed by atoms with Crippen LogP contribution in [0.3, 0.4) is 0 Å². The highest BCUT2D eigenvalue weighted by atomic mass is 35.5. The number of halogens is 2. The molecule has 0 bridgehead atoms. The van der Waals surface area contributed by atoms with Gasteiger partial charge < -0.3 is 14.8 Å². The molecular weight excluding hydrogens is 365 g/mol. The number of anilines is 1. The van der Waals surface area contributed by atoms with E-state index in [0.29, 0.717) is 21.5 Å². The maximum Gasteiger partial charge on any atom is 0.344 e. The van der Waals surface area contributed by atoms with Crippen molar-refractivity contribution in [1.29, 1.82) is 0 Å². The lowest BCUT2D eigenvalue weighted by Crippen LogP contribution is -2.31. The van der Waals surface area contributed by atoms with Crippen molar-refractivity contribution in [1.82, 2.24) is 0 Å². The summed E-state index contributed by atoms with van der Waals surface area (Å²) in [6.07, 6.45) is -0.971. The highest BCUT2D eigenvalue weighted by Crippen LogP contribution is 2.20. The van der Waals surface area contributed by atoms with Gasteiger partial charge in [0.05, 0.1) is 0 Å². The third-order valence-corrected chi connectivity index (χ3v) is 3.95. The molecule has 0 aromatic heterocycles. The molecular formula is C18H17Cl2NO4. The van der Waals surface area contributed by atoms with E-state index in [1.165, 1.54) is 6.92 Å². The highest BCUT2D eigenvalue weighted by Gasteiger charge is 2.18. The van der Waals surface area contributed by atoms with E-state index in [0.717, 1.165) is 5.56 Å². The molecule has 0 spiro atoms. The van der Waals surface area contributed by atoms with Crippen LogP contribution < -0.4 is 10.1 Å². The van der Waals surface area contributed by atoms with Gasteiger partial charge in [0, 0.05) is 15.7 Å². The molecule has 0 saturated carbocycles. The van der Waals surface area contributed by atoms with Crippen LogP contribution in [0.1, 0.15) is 12.5 Å². The van der Waals surface area contributed by atoms with Crippen LogP contribution in [0.15, 0.2) is 42.5 Å². The van der Waals surface area contributed by atoms with Crippen LogP contribution >= 0.6 is 23.2 Å². The Bertz CT molecular complexity index is 762. The van der Waals surface area contributed by atoms with Gasteiger partial charge in [0.25, 0.3) is 5.91 Å². The second kappa shape index (κ2) is 8.74. The number of benzene rings is 2. The molecule has 5 nitrogen and oxygen atoms in total. The molecule has 2 aromatic carbocycles. The summed E-state index contributed by atoms with van der Waals surface area (Å²) in [5, 5.41) is 3.75. The van der Waals surface area contributed by atoms with Gasteiger partial charge in [-0.3, -0.25) is 4.79 Å². The molecule has 1 N–H and O–H groups in total. The Morgan fingerprint density at radius 2 is 1.80 bits per heavy atom. The van der Waals surface area contributed by atoms with Crippen LogP contribution in [0.25, 0.3) is 0 Å². The Kier molecular flexibility index (Phi) is 6.67. The Labute approximate surface area is 155 Å². The molecule has 0 unspecified atom stereocenters. The summed E-state index contributed by atoms with van der Waals surface area (Å²) in [7, 11) is 0. The average Bonchev–Trinajstić information content (AvgIpc) is 2.57. The van der Waals surface area contributed by atoms with Crippen LogP contribution in [0.4, 0.5) is 5.69 Å². The number of ether oxygens (including phenoxy) is 2. The number of carbonyl (C=O) groups excluding carboxylic acids is 2. The maximum absolute atomic E-state index is 12.1. The molecule has 0 heterocycles. The summed E-state index contributed by atoms with van der Waals surface area (Å²) in [5.41, 5.74) is 1.43. The van der Waals surface area contributed by atoms with Crippen molar-refractivity contribution in [2.75, 3.05) is 11.9 Å². The molecule has 0 aliphatic rings. The number of carbonyl (C=O) groups is 2. The minimum Gasteiger partial charge on any atom is -0.482 e. The van der Waals surface area contributed by atoms with Crippen LogP contribution in [0.5, 0.6) is 5.75 Å². The smallest absolute Gasteiger partial charge is 0.344 e. The normalized spacial score (nSPS) is 11.5. The average molecular weight is 382 g/mol. The Balaban J connectivity index is 1.82. The quantitative estimate of drug-likeness (QED) is 0.759. The first-order chi connectivity index (χ1) is 11.8. The van der Waals surface area contributed by atoms with E-state index in [2.05, 4.69) is 5.32 Å². The molecule has 2 aromatic rings. The number of esters is 1. The van der Waals surface area contributed by atoms with E-state index < -0.39 is 18.0 Å². The van der Waals surface area contributed by atoms with Crippen LogP contribution in [0.2, 0.25) is 10.0 Å². The van der Waals surface area contributed by atoms with Crippen LogP contribution in [-0.4, -0.2) is 24.6 Å². The van der Waals surface area contributed by atoms with E-state index in [1.54, 1.807) is 42.5 Å². The molecule has 2 rings (SSSR count). The van der Waals surface area contributed by atoms with Gasteiger partial charge in [-0.15, -0.1) is 0 Å². The summed E-state index contributed by atoms with van der Waals surface area (Å²) in [5.74, 6) is -0.632. The minimum atomic E-state index is -0.971. The van der Waals surface area contributed by atoms with Crippen molar-refractivity contribution in [3.63, 3.8) is 0 Å². The number of nitrogens with one attached hydrogen (secondary N) is 1. The van der Waals surface area contributed by atoms with Crippen molar-refractivity contribution in [2.24, 2.45) is 0 Å². The maximum atomic E-state index is 12.1. The van der Waals surface area contributed by atoms with E-state index in [-0.39, 0.29) is 6.61 Å². The SMILES string of the molecule is Cc1ccc(NC(=O)[C@@H](C)OC(=O)COc2ccc(Cl)cc2)cc1Cl. The summed E-state index contributed by atoms with van der Waals surface area (Å²) >= 11 is 11.8. The topological polar surface area (TPSA) is 64.6 Å². The van der Waals surface area contributed by atoms with Gasteiger partial charge in [-0.25, -0.2) is 4.79 Å². The largest absolute Gasteiger partial charge is 0.482 e. The number of hydrogen-bond acceptors (Lipinski definition) is 4. The molecule has 0 fully saturated rings. The third-order valence-electron chi connectivity index (χ3n) is 3.29. The molecule has 132 valence electrons. The lowest BCUT2D eigenvalue weighted by atomic mass is 10.2. The fourth-order valence-corrected chi connectivity index (χ4v) is 2.18. The third kappa shape index (κ3) is 5.96. The molecule has 0 radical (unpaired) electrons. The van der Waals surface area contributed by atoms with Crippen molar-refractivity contribution in [3.05, 3.63) is 58.1 Å². The van der Waals surface area contributed by atoms with Gasteiger partial charge in [0.1, 0.15) is 5.75 Å². The van der Waals surface area contributed by atoms with Crippen LogP contribution in [-0.2, 0) is 14.3 Å². The zero-order valence-corrected chi connectivity index (χ0v) is 15.2. The van der Waals surface area contributed by atoms with Gasteiger partial charge >= 0.3 is 5.97 Å². The van der Waals surface area contributed by atoms with E-state index >= 15 is 0 Å². The summed E-state index contributed by atoms with van der Waals surface area (Å²) in [6, 6.07) is 11.7. The van der Waals surface area contributed by atoms with E-state index in [1.807, 2.05) is 6.92 Å². The first-order valence-corrected chi connectivity index (χ1v) is 8.25. The van der Waals surface area contributed by atoms with Crippen molar-refractivity contribution >= 4 is 40.8 Å². The van der Waals surface area contributed by atoms with Gasteiger partial charge in [-0.05, 0) is 55.8 Å². The Hall–Kier alpha value is -2.24. The monoisotopic (exact) mass is 381 g/mol. The summed E-state index contributed by atoms with van der Waals surface area (Å²) in [6.45, 7) is 3.03. The predicted octanol–water partition coefficient (Wildman–Crippen LogP) is 4.25. The summed E-state index contributed by atoms with van der Waals surface area (Å²) in [4.78, 5) is 23.8. The van der Waals surface area contributed by atoms with Gasteiger partial charge in [-0.1, -0.05) is 29.3 Å². The Morgan fingerprint density at radius 3 is 2.44 bits per heavy atom. The second-order valence-corrected chi connectivity index (χ2v) is 6.17. The lowest BCUT2D eigenvalue weighted by molar-refractivity contribution is -0.155. The van der Waals surface area contributed by atoms with Gasteiger partial charge in [0.15, 0.2) is 12.7 Å². The molecule has 0 aliphatic heterocycles. The molecule has 25 heavy (non-hydrogen) atoms. The molecule has 1 amide bonds. The fraction of sp³-hybridized carbons (Fsp3) is 0.222. The lowest BCUT2D eigenvalue weighted by Gasteiger charge is -2.14. The predicted molar refractivity (Wildman–Crippen MR) is 97.3 cm³/mol. The molecule has 0 aliphatic carbocycles. The first-order valence-electron chi connectivity index (χ1n) is 7.50. The highest BCUT2D eigenvalue weighted by molar-refractivity contribution is 6.31. The van der Waals surface area contributed by atoms with Crippen LogP contribution in [0, 0.1) is 6.92 Å². The zero-order chi connectivity index (χ0) is 18.4.